The smallest absolute Gasteiger partial charge is 0.159 e. The van der Waals surface area contributed by atoms with Crippen LogP contribution < -0.4 is 5.73 Å². The second-order valence-electron chi connectivity index (χ2n) is 2.54. The van der Waals surface area contributed by atoms with Crippen LogP contribution in [0.3, 0.4) is 0 Å². The van der Waals surface area contributed by atoms with E-state index < -0.39 is 0 Å². The molecule has 0 spiro atoms. The minimum absolute atomic E-state index is 0.518. The number of anilines is 1. The molecule has 2 heterocycles. The molecule has 0 aliphatic carbocycles. The Kier molecular flexibility index (Phi) is 2.32. The van der Waals surface area contributed by atoms with Crippen LogP contribution in [0, 0.1) is 0 Å². The molecular formula is C7H7BrN4S. The molecule has 2 aromatic heterocycles. The number of rotatable bonds is 2. The number of nitrogens with zero attached hydrogens (tertiary/aromatic N) is 3. The first-order chi connectivity index (χ1) is 6.25. The molecule has 0 amide bonds. The maximum absolute atomic E-state index is 5.58. The van der Waals surface area contributed by atoms with E-state index in [2.05, 4.69) is 25.4 Å². The molecule has 13 heavy (non-hydrogen) atoms. The first-order valence-corrected chi connectivity index (χ1v) is 5.20. The lowest BCUT2D eigenvalue weighted by Gasteiger charge is -1.95. The van der Waals surface area contributed by atoms with Crippen molar-refractivity contribution in [2.45, 2.75) is 6.54 Å². The summed E-state index contributed by atoms with van der Waals surface area (Å²) in [6.45, 7) is 0.723. The average Bonchev–Trinajstić information content (AvgIpc) is 2.64. The number of nitrogens with two attached hydrogens (primary N) is 1. The summed E-state index contributed by atoms with van der Waals surface area (Å²) in [5.74, 6) is 0.518. The molecule has 0 radical (unpaired) electrons. The standard InChI is InChI=1S/C7H7BrN4S/c8-6-4-12(11-7(6)9)3-5-1-2-10-13-5/h1-2,4H,3H2,(H2,9,11). The van der Waals surface area contributed by atoms with Gasteiger partial charge in [0.05, 0.1) is 11.0 Å². The Balaban J connectivity index is 2.19. The Hall–Kier alpha value is -0.880. The minimum atomic E-state index is 0.518. The first kappa shape index (κ1) is 8.71. The van der Waals surface area contributed by atoms with Gasteiger partial charge in [-0.05, 0) is 33.5 Å². The van der Waals surface area contributed by atoms with Crippen molar-refractivity contribution in [1.82, 2.24) is 14.2 Å². The lowest BCUT2D eigenvalue weighted by Crippen LogP contribution is -1.99. The monoisotopic (exact) mass is 258 g/mol. The van der Waals surface area contributed by atoms with Crippen molar-refractivity contribution in [2.24, 2.45) is 0 Å². The lowest BCUT2D eigenvalue weighted by atomic mass is 10.5. The number of hydrogen-bond acceptors (Lipinski definition) is 4. The Morgan fingerprint density at radius 1 is 1.62 bits per heavy atom. The van der Waals surface area contributed by atoms with Crippen LogP contribution in [0.25, 0.3) is 0 Å². The van der Waals surface area contributed by atoms with E-state index in [4.69, 9.17) is 5.73 Å². The van der Waals surface area contributed by atoms with E-state index in [1.165, 1.54) is 11.5 Å². The fraction of sp³-hybridized carbons (Fsp3) is 0.143. The van der Waals surface area contributed by atoms with Gasteiger partial charge in [-0.15, -0.1) is 0 Å². The summed E-state index contributed by atoms with van der Waals surface area (Å²) >= 11 is 4.77. The van der Waals surface area contributed by atoms with Gasteiger partial charge < -0.3 is 5.73 Å². The van der Waals surface area contributed by atoms with E-state index in [0.29, 0.717) is 5.82 Å². The Morgan fingerprint density at radius 2 is 2.46 bits per heavy atom. The summed E-state index contributed by atoms with van der Waals surface area (Å²) in [7, 11) is 0. The van der Waals surface area contributed by atoms with Crippen LogP contribution in [0.2, 0.25) is 0 Å². The maximum Gasteiger partial charge on any atom is 0.159 e. The summed E-state index contributed by atoms with van der Waals surface area (Å²) in [5.41, 5.74) is 5.58. The zero-order valence-corrected chi connectivity index (χ0v) is 9.05. The van der Waals surface area contributed by atoms with E-state index in [-0.39, 0.29) is 0 Å². The van der Waals surface area contributed by atoms with Gasteiger partial charge in [0, 0.05) is 17.3 Å². The third kappa shape index (κ3) is 1.89. The van der Waals surface area contributed by atoms with Crippen LogP contribution in [-0.2, 0) is 6.54 Å². The van der Waals surface area contributed by atoms with Crippen molar-refractivity contribution in [3.05, 3.63) is 27.8 Å². The predicted octanol–water partition coefficient (Wildman–Crippen LogP) is 1.73. The Bertz CT molecular complexity index is 375. The molecule has 6 heteroatoms. The molecule has 68 valence electrons. The molecule has 2 aromatic rings. The van der Waals surface area contributed by atoms with Gasteiger partial charge in [0.25, 0.3) is 0 Å². The molecule has 0 unspecified atom stereocenters. The topological polar surface area (TPSA) is 56.7 Å². The van der Waals surface area contributed by atoms with Gasteiger partial charge >= 0.3 is 0 Å². The van der Waals surface area contributed by atoms with Crippen LogP contribution in [0.4, 0.5) is 5.82 Å². The zero-order valence-electron chi connectivity index (χ0n) is 6.64. The van der Waals surface area contributed by atoms with Crippen molar-refractivity contribution in [3.8, 4) is 0 Å². The molecule has 2 N–H and O–H groups in total. The van der Waals surface area contributed by atoms with Crippen LogP contribution in [-0.4, -0.2) is 14.2 Å². The summed E-state index contributed by atoms with van der Waals surface area (Å²) in [6.07, 6.45) is 3.64. The highest BCUT2D eigenvalue weighted by atomic mass is 79.9. The molecule has 0 bridgehead atoms. The predicted molar refractivity (Wildman–Crippen MR) is 55.6 cm³/mol. The van der Waals surface area contributed by atoms with E-state index in [9.17, 15) is 0 Å². The number of halogens is 1. The highest BCUT2D eigenvalue weighted by molar-refractivity contribution is 9.10. The molecule has 2 rings (SSSR count). The van der Waals surface area contributed by atoms with Gasteiger partial charge in [0.2, 0.25) is 0 Å². The van der Waals surface area contributed by atoms with Gasteiger partial charge in [0.1, 0.15) is 0 Å². The molecule has 0 aromatic carbocycles. The first-order valence-electron chi connectivity index (χ1n) is 3.63. The van der Waals surface area contributed by atoms with Crippen molar-refractivity contribution >= 4 is 33.3 Å². The van der Waals surface area contributed by atoms with Crippen LogP contribution in [0.1, 0.15) is 4.88 Å². The van der Waals surface area contributed by atoms with E-state index in [0.717, 1.165) is 15.9 Å². The summed E-state index contributed by atoms with van der Waals surface area (Å²) in [5, 5.41) is 4.11. The van der Waals surface area contributed by atoms with Crippen molar-refractivity contribution in [3.63, 3.8) is 0 Å². The molecule has 0 aliphatic heterocycles. The highest BCUT2D eigenvalue weighted by Gasteiger charge is 2.03. The molecule has 0 saturated heterocycles. The van der Waals surface area contributed by atoms with E-state index in [1.807, 2.05) is 12.3 Å². The van der Waals surface area contributed by atoms with Crippen molar-refractivity contribution in [1.29, 1.82) is 0 Å². The lowest BCUT2D eigenvalue weighted by molar-refractivity contribution is 0.698. The minimum Gasteiger partial charge on any atom is -0.381 e. The summed E-state index contributed by atoms with van der Waals surface area (Å²) in [6, 6.07) is 1.97. The zero-order chi connectivity index (χ0) is 9.26. The molecule has 0 saturated carbocycles. The van der Waals surface area contributed by atoms with Gasteiger partial charge in [-0.1, -0.05) is 0 Å². The molecule has 0 atom stereocenters. The van der Waals surface area contributed by atoms with E-state index >= 15 is 0 Å². The second kappa shape index (κ2) is 3.47. The third-order valence-corrected chi connectivity index (χ3v) is 2.89. The largest absolute Gasteiger partial charge is 0.381 e. The van der Waals surface area contributed by atoms with Gasteiger partial charge in [0.15, 0.2) is 5.82 Å². The number of hydrogen-bond donors (Lipinski definition) is 1. The van der Waals surface area contributed by atoms with E-state index in [1.54, 1.807) is 10.9 Å². The fourth-order valence-electron chi connectivity index (χ4n) is 0.976. The molecule has 4 nitrogen and oxygen atoms in total. The normalized spacial score (nSPS) is 10.5. The third-order valence-electron chi connectivity index (χ3n) is 1.55. The maximum atomic E-state index is 5.58. The molecule has 0 fully saturated rings. The molecular weight excluding hydrogens is 252 g/mol. The average molecular weight is 259 g/mol. The fourth-order valence-corrected chi connectivity index (χ4v) is 1.86. The Labute approximate surface area is 87.7 Å². The van der Waals surface area contributed by atoms with Crippen LogP contribution in [0.15, 0.2) is 22.9 Å². The SMILES string of the molecule is Nc1nn(Cc2ccns2)cc1Br. The van der Waals surface area contributed by atoms with Gasteiger partial charge in [-0.3, -0.25) is 4.68 Å². The van der Waals surface area contributed by atoms with Crippen molar-refractivity contribution < 1.29 is 0 Å². The highest BCUT2D eigenvalue weighted by Crippen LogP contribution is 2.17. The Morgan fingerprint density at radius 3 is 3.00 bits per heavy atom. The van der Waals surface area contributed by atoms with Crippen LogP contribution >= 0.6 is 27.5 Å². The van der Waals surface area contributed by atoms with Crippen molar-refractivity contribution in [2.75, 3.05) is 5.73 Å². The van der Waals surface area contributed by atoms with Gasteiger partial charge in [-0.25, -0.2) is 4.37 Å². The quantitative estimate of drug-likeness (QED) is 0.893. The van der Waals surface area contributed by atoms with Gasteiger partial charge in [-0.2, -0.15) is 5.10 Å². The molecule has 0 aliphatic rings. The number of aromatic nitrogens is 3. The summed E-state index contributed by atoms with van der Waals surface area (Å²) in [4.78, 5) is 1.16. The summed E-state index contributed by atoms with van der Waals surface area (Å²) < 4.78 is 6.62. The van der Waals surface area contributed by atoms with Crippen LogP contribution in [0.5, 0.6) is 0 Å². The second-order valence-corrected chi connectivity index (χ2v) is 4.31. The number of nitrogen functional groups attached to an aromatic ring is 1.